The maximum absolute atomic E-state index is 10.4. The van der Waals surface area contributed by atoms with Crippen molar-refractivity contribution in [1.29, 1.82) is 0 Å². The van der Waals surface area contributed by atoms with Crippen molar-refractivity contribution in [3.8, 4) is 0 Å². The summed E-state index contributed by atoms with van der Waals surface area (Å²) < 4.78 is 4.00. The highest BCUT2D eigenvalue weighted by molar-refractivity contribution is 4.84. The van der Waals surface area contributed by atoms with Crippen LogP contribution in [0.3, 0.4) is 0 Å². The minimum atomic E-state index is -3.83. The zero-order valence-corrected chi connectivity index (χ0v) is 6.67. The summed E-state index contributed by atoms with van der Waals surface area (Å²) in [6.45, 7) is 0. The Labute approximate surface area is 78.9 Å². The van der Waals surface area contributed by atoms with Crippen LogP contribution in [0, 0.1) is 30.3 Å². The molecule has 1 heterocycles. The molecular formula is C3HN5O7. The Morgan fingerprint density at radius 3 is 1.87 bits per heavy atom. The van der Waals surface area contributed by atoms with Gasteiger partial charge in [0.15, 0.2) is 14.8 Å². The number of hydrogen-bond donors (Lipinski definition) is 0. The van der Waals surface area contributed by atoms with Gasteiger partial charge in [-0.1, -0.05) is 0 Å². The lowest BCUT2D eigenvalue weighted by Crippen LogP contribution is -2.51. The van der Waals surface area contributed by atoms with Gasteiger partial charge in [-0.05, 0) is 5.16 Å². The van der Waals surface area contributed by atoms with E-state index in [-0.39, 0.29) is 0 Å². The number of hydrogen-bond acceptors (Lipinski definition) is 9. The van der Waals surface area contributed by atoms with E-state index in [0.717, 1.165) is 0 Å². The van der Waals surface area contributed by atoms with Crippen LogP contribution >= 0.6 is 0 Å². The molecule has 0 atom stereocenters. The monoisotopic (exact) mass is 219 g/mol. The van der Waals surface area contributed by atoms with Crippen molar-refractivity contribution < 1.29 is 19.3 Å². The summed E-state index contributed by atoms with van der Waals surface area (Å²) in [6, 6.07) is 0. The molecule has 0 aliphatic carbocycles. The number of nitrogens with zero attached hydrogens (tertiary/aromatic N) is 5. The van der Waals surface area contributed by atoms with E-state index in [1.54, 1.807) is 0 Å². The Bertz CT molecular complexity index is 374. The molecule has 12 nitrogen and oxygen atoms in total. The second-order valence-corrected chi connectivity index (χ2v) is 2.16. The van der Waals surface area contributed by atoms with E-state index >= 15 is 0 Å². The third kappa shape index (κ3) is 1.23. The highest BCUT2D eigenvalue weighted by Gasteiger charge is 2.76. The van der Waals surface area contributed by atoms with Gasteiger partial charge in [-0.2, -0.15) is 4.98 Å². The van der Waals surface area contributed by atoms with Crippen LogP contribution in [-0.2, 0) is 5.79 Å². The van der Waals surface area contributed by atoms with Gasteiger partial charge in [0.2, 0.25) is 6.39 Å². The van der Waals surface area contributed by atoms with Crippen LogP contribution in [0.15, 0.2) is 10.9 Å². The Hall–Kier alpha value is -2.66. The third-order valence-electron chi connectivity index (χ3n) is 1.43. The zero-order valence-electron chi connectivity index (χ0n) is 6.67. The van der Waals surface area contributed by atoms with Crippen LogP contribution in [0.2, 0.25) is 0 Å². The molecule has 0 bridgehead atoms. The topological polar surface area (TPSA) is 168 Å². The summed E-state index contributed by atoms with van der Waals surface area (Å²) in [5.74, 6) is -5.07. The molecule has 0 radical (unpaired) electrons. The Morgan fingerprint density at radius 1 is 1.13 bits per heavy atom. The molecule has 0 fully saturated rings. The van der Waals surface area contributed by atoms with E-state index in [4.69, 9.17) is 0 Å². The maximum atomic E-state index is 10.4. The fourth-order valence-electron chi connectivity index (χ4n) is 0.763. The van der Waals surface area contributed by atoms with Gasteiger partial charge >= 0.3 is 11.6 Å². The standard InChI is InChI=1S/C3HN5O7/c9-6(10)3(7(11)12,8(13)14)2-4-1-15-5-2/h1H. The molecule has 1 rings (SSSR count). The smallest absolute Gasteiger partial charge is 0.342 e. The van der Waals surface area contributed by atoms with E-state index in [9.17, 15) is 30.3 Å². The van der Waals surface area contributed by atoms with Crippen LogP contribution in [0.1, 0.15) is 5.82 Å². The normalized spacial score (nSPS) is 10.9. The van der Waals surface area contributed by atoms with E-state index in [1.165, 1.54) is 0 Å². The first-order valence-electron chi connectivity index (χ1n) is 3.14. The van der Waals surface area contributed by atoms with Crippen LogP contribution in [0.5, 0.6) is 0 Å². The van der Waals surface area contributed by atoms with Crippen molar-refractivity contribution in [3.63, 3.8) is 0 Å². The van der Waals surface area contributed by atoms with Crippen LogP contribution < -0.4 is 0 Å². The first-order chi connectivity index (χ1) is 6.94. The summed E-state index contributed by atoms with van der Waals surface area (Å²) in [5.41, 5.74) is 0. The molecule has 0 saturated carbocycles. The van der Waals surface area contributed by atoms with Gasteiger partial charge in [-0.25, -0.2) is 0 Å². The Kier molecular flexibility index (Phi) is 2.25. The van der Waals surface area contributed by atoms with Crippen molar-refractivity contribution in [2.75, 3.05) is 0 Å². The summed E-state index contributed by atoms with van der Waals surface area (Å²) in [7, 11) is 0. The van der Waals surface area contributed by atoms with Gasteiger partial charge in [0, 0.05) is 0 Å². The van der Waals surface area contributed by atoms with E-state index in [0.29, 0.717) is 6.39 Å². The quantitative estimate of drug-likeness (QED) is 0.350. The summed E-state index contributed by atoms with van der Waals surface area (Å²) >= 11 is 0. The van der Waals surface area contributed by atoms with Crippen LogP contribution in [-0.4, -0.2) is 24.9 Å². The fourth-order valence-corrected chi connectivity index (χ4v) is 0.763. The second kappa shape index (κ2) is 3.24. The SMILES string of the molecule is O=[N+]([O-])C(c1ncon1)([N+](=O)[O-])[N+](=O)[O-]. The molecule has 15 heavy (non-hydrogen) atoms. The van der Waals surface area contributed by atoms with Crippen molar-refractivity contribution in [2.24, 2.45) is 0 Å². The number of nitro groups is 3. The lowest BCUT2D eigenvalue weighted by atomic mass is 10.3. The molecular weight excluding hydrogens is 218 g/mol. The van der Waals surface area contributed by atoms with E-state index in [1.807, 2.05) is 0 Å². The zero-order chi connectivity index (χ0) is 11.6. The van der Waals surface area contributed by atoms with Gasteiger partial charge in [0.05, 0.1) is 0 Å². The summed E-state index contributed by atoms with van der Waals surface area (Å²) in [4.78, 5) is 29.0. The predicted octanol–water partition coefficient (Wildman–Crippen LogP) is -0.990. The molecule has 0 spiro atoms. The van der Waals surface area contributed by atoms with Crippen molar-refractivity contribution in [2.45, 2.75) is 5.79 Å². The molecule has 0 aliphatic heterocycles. The van der Waals surface area contributed by atoms with Crippen LogP contribution in [0.4, 0.5) is 0 Å². The molecule has 80 valence electrons. The van der Waals surface area contributed by atoms with Crippen molar-refractivity contribution in [3.05, 3.63) is 42.6 Å². The molecule has 0 saturated heterocycles. The largest absolute Gasteiger partial charge is 0.766 e. The minimum Gasteiger partial charge on any atom is -0.342 e. The Balaban J connectivity index is 3.47. The molecule has 1 aromatic heterocycles. The number of aromatic nitrogens is 2. The maximum Gasteiger partial charge on any atom is 0.766 e. The van der Waals surface area contributed by atoms with E-state index in [2.05, 4.69) is 14.7 Å². The first-order valence-corrected chi connectivity index (χ1v) is 3.14. The molecule has 12 heteroatoms. The van der Waals surface area contributed by atoms with Gasteiger partial charge in [-0.3, -0.25) is 30.3 Å². The number of rotatable bonds is 4. The van der Waals surface area contributed by atoms with Crippen LogP contribution in [0.25, 0.3) is 0 Å². The van der Waals surface area contributed by atoms with Gasteiger partial charge in [0.25, 0.3) is 0 Å². The summed E-state index contributed by atoms with van der Waals surface area (Å²) in [6.07, 6.45) is 0.514. The lowest BCUT2D eigenvalue weighted by molar-refractivity contribution is -0.987. The predicted molar refractivity (Wildman–Crippen MR) is 37.0 cm³/mol. The highest BCUT2D eigenvalue weighted by Crippen LogP contribution is 2.22. The second-order valence-electron chi connectivity index (χ2n) is 2.16. The Morgan fingerprint density at radius 2 is 1.60 bits per heavy atom. The molecule has 0 amide bonds. The lowest BCUT2D eigenvalue weighted by Gasteiger charge is -2.03. The average Bonchev–Trinajstić information content (AvgIpc) is 2.55. The third-order valence-corrected chi connectivity index (χ3v) is 1.43. The minimum absolute atomic E-state index is 0.514. The van der Waals surface area contributed by atoms with Gasteiger partial charge < -0.3 is 4.52 Å². The highest BCUT2D eigenvalue weighted by atomic mass is 16.7. The fraction of sp³-hybridized carbons (Fsp3) is 0.333. The van der Waals surface area contributed by atoms with Gasteiger partial charge in [-0.15, -0.1) is 0 Å². The molecule has 1 aromatic rings. The molecule has 0 aliphatic rings. The van der Waals surface area contributed by atoms with E-state index < -0.39 is 26.4 Å². The molecule has 0 aromatic carbocycles. The van der Waals surface area contributed by atoms with Crippen molar-refractivity contribution >= 4 is 0 Å². The molecule has 0 N–H and O–H groups in total. The van der Waals surface area contributed by atoms with Crippen molar-refractivity contribution in [1.82, 2.24) is 10.1 Å². The van der Waals surface area contributed by atoms with Gasteiger partial charge in [0.1, 0.15) is 0 Å². The summed E-state index contributed by atoms with van der Waals surface area (Å²) in [5, 5.41) is 34.0. The first kappa shape index (κ1) is 10.4. The molecule has 0 unspecified atom stereocenters. The average molecular weight is 219 g/mol.